The minimum absolute atomic E-state index is 0.117. The lowest BCUT2D eigenvalue weighted by atomic mass is 9.92. The summed E-state index contributed by atoms with van der Waals surface area (Å²) in [6.07, 6.45) is 0.947. The Hall–Kier alpha value is -2.99. The van der Waals surface area contributed by atoms with E-state index < -0.39 is 17.8 Å². The summed E-state index contributed by atoms with van der Waals surface area (Å²) < 4.78 is 4.27. The zero-order chi connectivity index (χ0) is 24.0. The Balaban J connectivity index is 1.61. The minimum atomic E-state index is -1.48. The predicted molar refractivity (Wildman–Crippen MR) is 130 cm³/mol. The maximum Gasteiger partial charge on any atom is 0.233 e. The van der Waals surface area contributed by atoms with E-state index in [1.807, 2.05) is 56.9 Å². The zero-order valence-electron chi connectivity index (χ0n) is 19.5. The number of nitrogens with zero attached hydrogens (tertiary/aromatic N) is 5. The van der Waals surface area contributed by atoms with Crippen molar-refractivity contribution in [2.45, 2.75) is 51.5 Å². The van der Waals surface area contributed by atoms with Crippen LogP contribution < -0.4 is 20.9 Å². The number of nitrogens with one attached hydrogen (secondary N) is 3. The van der Waals surface area contributed by atoms with Crippen LogP contribution in [0.15, 0.2) is 30.6 Å². The van der Waals surface area contributed by atoms with Crippen molar-refractivity contribution in [2.75, 3.05) is 23.3 Å². The minimum Gasteiger partial charge on any atom is -0.364 e. The molecule has 4 N–H and O–H groups in total. The third kappa shape index (κ3) is 3.74. The molecule has 0 bridgehead atoms. The number of hydrogen-bond acceptors (Lipinski definition) is 10. The van der Waals surface area contributed by atoms with E-state index in [0.29, 0.717) is 35.9 Å². The highest BCUT2D eigenvalue weighted by Crippen LogP contribution is 2.42. The molecule has 0 radical (unpaired) electrons. The Labute approximate surface area is 202 Å². The molecule has 1 fully saturated rings. The van der Waals surface area contributed by atoms with Crippen molar-refractivity contribution >= 4 is 29.1 Å². The smallest absolute Gasteiger partial charge is 0.233 e. The normalized spacial score (nSPS) is 24.4. The SMILES string of the molecule is Cc1nsc(-c2ccc([C@@]3(O)C(NC(C)C)NCCN3c3ncnc4c3C(C)C(=O)N4)cc2)n1. The van der Waals surface area contributed by atoms with E-state index in [1.165, 1.54) is 17.9 Å². The van der Waals surface area contributed by atoms with Gasteiger partial charge in [-0.1, -0.05) is 24.3 Å². The molecule has 1 amide bonds. The van der Waals surface area contributed by atoms with Crippen LogP contribution in [0.4, 0.5) is 11.6 Å². The van der Waals surface area contributed by atoms with Crippen LogP contribution in [-0.2, 0) is 10.5 Å². The quantitative estimate of drug-likeness (QED) is 0.433. The molecule has 1 aromatic carbocycles. The molecule has 0 saturated carbocycles. The van der Waals surface area contributed by atoms with Crippen molar-refractivity contribution in [3.05, 3.63) is 47.5 Å². The number of aromatic nitrogens is 4. The molecule has 178 valence electrons. The van der Waals surface area contributed by atoms with Crippen LogP contribution in [0, 0.1) is 6.92 Å². The summed E-state index contributed by atoms with van der Waals surface area (Å²) in [5.74, 6) is 1.26. The zero-order valence-corrected chi connectivity index (χ0v) is 20.3. The van der Waals surface area contributed by atoms with Gasteiger partial charge in [0.05, 0.1) is 5.92 Å². The van der Waals surface area contributed by atoms with Crippen molar-refractivity contribution in [1.82, 2.24) is 30.0 Å². The maximum atomic E-state index is 12.4. The van der Waals surface area contributed by atoms with Crippen LogP contribution in [-0.4, -0.2) is 55.6 Å². The van der Waals surface area contributed by atoms with E-state index in [2.05, 4.69) is 35.3 Å². The van der Waals surface area contributed by atoms with E-state index >= 15 is 0 Å². The highest BCUT2D eigenvalue weighted by molar-refractivity contribution is 7.09. The summed E-state index contributed by atoms with van der Waals surface area (Å²) in [5, 5.41) is 23.0. The molecule has 34 heavy (non-hydrogen) atoms. The van der Waals surface area contributed by atoms with Crippen molar-refractivity contribution in [1.29, 1.82) is 0 Å². The number of amides is 1. The van der Waals surface area contributed by atoms with Crippen LogP contribution in [0.3, 0.4) is 0 Å². The van der Waals surface area contributed by atoms with Gasteiger partial charge in [0.25, 0.3) is 0 Å². The van der Waals surface area contributed by atoms with Gasteiger partial charge in [0.1, 0.15) is 35.0 Å². The van der Waals surface area contributed by atoms with Crippen molar-refractivity contribution in [3.63, 3.8) is 0 Å². The molecule has 5 rings (SSSR count). The summed E-state index contributed by atoms with van der Waals surface area (Å²) in [6, 6.07) is 7.84. The number of rotatable bonds is 5. The fraction of sp³-hybridized carbons (Fsp3) is 0.435. The second kappa shape index (κ2) is 8.66. The van der Waals surface area contributed by atoms with Crippen LogP contribution in [0.5, 0.6) is 0 Å². The number of benzene rings is 1. The molecular formula is C23H28N8O2S. The molecule has 3 aromatic rings. The van der Waals surface area contributed by atoms with Gasteiger partial charge in [-0.2, -0.15) is 4.37 Å². The molecule has 2 aliphatic heterocycles. The van der Waals surface area contributed by atoms with Gasteiger partial charge >= 0.3 is 0 Å². The first-order chi connectivity index (χ1) is 16.3. The van der Waals surface area contributed by atoms with Crippen LogP contribution in [0.1, 0.15) is 43.6 Å². The summed E-state index contributed by atoms with van der Waals surface area (Å²) >= 11 is 1.35. The lowest BCUT2D eigenvalue weighted by Crippen LogP contribution is -2.71. The van der Waals surface area contributed by atoms with E-state index in [0.717, 1.165) is 16.4 Å². The second-order valence-electron chi connectivity index (χ2n) is 8.98. The molecule has 2 unspecified atom stereocenters. The Morgan fingerprint density at radius 2 is 2.03 bits per heavy atom. The first kappa shape index (κ1) is 22.8. The standard InChI is InChI=1S/C23H28N8O2S/c1-12(2)27-22-23(33,16-7-5-15(6-8-16)21-28-14(4)30-34-21)31(10-9-24-22)19-17-13(3)20(32)29-18(17)25-11-26-19/h5-8,11-13,22,24,27,33H,9-10H2,1-4H3,(H,25,26,29,32)/t13?,22?,23-/m1/s1. The van der Waals surface area contributed by atoms with Gasteiger partial charge in [-0.05, 0) is 39.2 Å². The lowest BCUT2D eigenvalue weighted by Gasteiger charge is -2.50. The first-order valence-corrected chi connectivity index (χ1v) is 12.1. The molecule has 2 aliphatic rings. The van der Waals surface area contributed by atoms with Crippen LogP contribution >= 0.6 is 11.5 Å². The molecular weight excluding hydrogens is 452 g/mol. The van der Waals surface area contributed by atoms with Gasteiger partial charge in [-0.3, -0.25) is 15.4 Å². The van der Waals surface area contributed by atoms with E-state index in [4.69, 9.17) is 0 Å². The third-order valence-electron chi connectivity index (χ3n) is 6.27. The van der Waals surface area contributed by atoms with Gasteiger partial charge in [-0.25, -0.2) is 15.0 Å². The van der Waals surface area contributed by atoms with E-state index in [1.54, 1.807) is 0 Å². The molecule has 4 heterocycles. The van der Waals surface area contributed by atoms with Crippen molar-refractivity contribution in [2.24, 2.45) is 0 Å². The third-order valence-corrected chi connectivity index (χ3v) is 7.12. The highest BCUT2D eigenvalue weighted by Gasteiger charge is 2.49. The molecule has 1 saturated heterocycles. The number of aliphatic hydroxyl groups is 1. The number of carbonyl (C=O) groups excluding carboxylic acids is 1. The molecule has 0 aliphatic carbocycles. The fourth-order valence-electron chi connectivity index (χ4n) is 4.62. The van der Waals surface area contributed by atoms with E-state index in [-0.39, 0.29) is 11.9 Å². The predicted octanol–water partition coefficient (Wildman–Crippen LogP) is 1.94. The maximum absolute atomic E-state index is 12.4. The summed E-state index contributed by atoms with van der Waals surface area (Å²) in [7, 11) is 0. The summed E-state index contributed by atoms with van der Waals surface area (Å²) in [4.78, 5) is 27.5. The number of carbonyl (C=O) groups is 1. The van der Waals surface area contributed by atoms with Gasteiger partial charge in [0.15, 0.2) is 5.72 Å². The Morgan fingerprint density at radius 3 is 2.71 bits per heavy atom. The largest absolute Gasteiger partial charge is 0.364 e. The Morgan fingerprint density at radius 1 is 1.26 bits per heavy atom. The number of aryl methyl sites for hydroxylation is 1. The summed E-state index contributed by atoms with van der Waals surface area (Å²) in [6.45, 7) is 8.89. The van der Waals surface area contributed by atoms with Gasteiger partial charge < -0.3 is 15.3 Å². The van der Waals surface area contributed by atoms with Crippen molar-refractivity contribution < 1.29 is 9.90 Å². The van der Waals surface area contributed by atoms with Gasteiger partial charge in [0.2, 0.25) is 5.91 Å². The molecule has 10 nitrogen and oxygen atoms in total. The average molecular weight is 481 g/mol. The first-order valence-electron chi connectivity index (χ1n) is 11.4. The monoisotopic (exact) mass is 480 g/mol. The fourth-order valence-corrected chi connectivity index (χ4v) is 5.29. The Kier molecular flexibility index (Phi) is 5.80. The Bertz CT molecular complexity index is 1210. The summed E-state index contributed by atoms with van der Waals surface area (Å²) in [5.41, 5.74) is 0.858. The topological polar surface area (TPSA) is 128 Å². The molecule has 11 heteroatoms. The average Bonchev–Trinajstić information content (AvgIpc) is 3.38. The highest BCUT2D eigenvalue weighted by atomic mass is 32.1. The van der Waals surface area contributed by atoms with Crippen molar-refractivity contribution in [3.8, 4) is 10.6 Å². The molecule has 3 atom stereocenters. The number of hydrogen-bond donors (Lipinski definition) is 4. The molecule has 2 aromatic heterocycles. The van der Waals surface area contributed by atoms with Gasteiger partial charge in [-0.15, -0.1) is 0 Å². The van der Waals surface area contributed by atoms with Crippen LogP contribution in [0.2, 0.25) is 0 Å². The second-order valence-corrected chi connectivity index (χ2v) is 9.73. The number of anilines is 2. The van der Waals surface area contributed by atoms with Gasteiger partial charge in [0, 0.05) is 35.8 Å². The number of piperazine rings is 1. The molecule has 0 spiro atoms. The van der Waals surface area contributed by atoms with E-state index in [9.17, 15) is 9.90 Å². The number of fused-ring (bicyclic) bond motifs is 1. The lowest BCUT2D eigenvalue weighted by molar-refractivity contribution is -0.116. The van der Waals surface area contributed by atoms with Crippen LogP contribution in [0.25, 0.3) is 10.6 Å².